The first kappa shape index (κ1) is 9.90. The average molecular weight is 180 g/mol. The van der Waals surface area contributed by atoms with Crippen LogP contribution in [0.4, 0.5) is 0 Å². The monoisotopic (exact) mass is 180 g/mol. The molecule has 2 nitrogen and oxygen atoms in total. The molecule has 0 aliphatic rings. The van der Waals surface area contributed by atoms with E-state index in [1.54, 1.807) is 12.1 Å². The van der Waals surface area contributed by atoms with Gasteiger partial charge in [-0.2, -0.15) is 0 Å². The van der Waals surface area contributed by atoms with E-state index in [1.807, 2.05) is 13.0 Å². The van der Waals surface area contributed by atoms with Crippen LogP contribution in [-0.2, 0) is 0 Å². The fraction of sp³-hybridized carbons (Fsp3) is 0.455. The van der Waals surface area contributed by atoms with E-state index < -0.39 is 0 Å². The van der Waals surface area contributed by atoms with Crippen LogP contribution >= 0.6 is 0 Å². The van der Waals surface area contributed by atoms with Crippen LogP contribution in [0.15, 0.2) is 18.2 Å². The number of aryl methyl sites for hydroxylation is 1. The SMILES string of the molecule is CCCCOc1ccc(C)cc1O. The van der Waals surface area contributed by atoms with Crippen LogP contribution in [0.2, 0.25) is 0 Å². The molecule has 0 aliphatic heterocycles. The van der Waals surface area contributed by atoms with Crippen molar-refractivity contribution in [3.8, 4) is 11.5 Å². The Bertz CT molecular complexity index is 269. The van der Waals surface area contributed by atoms with Crippen LogP contribution in [0, 0.1) is 6.92 Å². The molecular formula is C11H16O2. The number of phenols is 1. The normalized spacial score (nSPS) is 10.0. The molecule has 0 saturated heterocycles. The van der Waals surface area contributed by atoms with E-state index in [0.717, 1.165) is 18.4 Å². The lowest BCUT2D eigenvalue weighted by molar-refractivity contribution is 0.292. The third kappa shape index (κ3) is 2.98. The molecular weight excluding hydrogens is 164 g/mol. The van der Waals surface area contributed by atoms with E-state index in [9.17, 15) is 5.11 Å². The molecule has 0 heterocycles. The molecule has 13 heavy (non-hydrogen) atoms. The van der Waals surface area contributed by atoms with Crippen molar-refractivity contribution in [3.63, 3.8) is 0 Å². The second-order valence-electron chi connectivity index (χ2n) is 3.17. The average Bonchev–Trinajstić information content (AvgIpc) is 2.09. The highest BCUT2D eigenvalue weighted by Gasteiger charge is 2.00. The highest BCUT2D eigenvalue weighted by atomic mass is 16.5. The summed E-state index contributed by atoms with van der Waals surface area (Å²) in [6.45, 7) is 4.72. The topological polar surface area (TPSA) is 29.5 Å². The molecule has 0 fully saturated rings. The smallest absolute Gasteiger partial charge is 0.160 e. The van der Waals surface area contributed by atoms with Gasteiger partial charge >= 0.3 is 0 Å². The Morgan fingerprint density at radius 1 is 1.38 bits per heavy atom. The number of hydrogen-bond donors (Lipinski definition) is 1. The van der Waals surface area contributed by atoms with Crippen molar-refractivity contribution >= 4 is 0 Å². The highest BCUT2D eigenvalue weighted by molar-refractivity contribution is 5.41. The van der Waals surface area contributed by atoms with Gasteiger partial charge in [0.1, 0.15) is 0 Å². The minimum Gasteiger partial charge on any atom is -0.504 e. The Morgan fingerprint density at radius 2 is 2.15 bits per heavy atom. The van der Waals surface area contributed by atoms with Gasteiger partial charge in [-0.3, -0.25) is 0 Å². The maximum atomic E-state index is 9.47. The lowest BCUT2D eigenvalue weighted by Crippen LogP contribution is -1.96. The second-order valence-corrected chi connectivity index (χ2v) is 3.17. The van der Waals surface area contributed by atoms with Crippen molar-refractivity contribution in [2.75, 3.05) is 6.61 Å². The van der Waals surface area contributed by atoms with Crippen molar-refractivity contribution in [1.29, 1.82) is 0 Å². The summed E-state index contributed by atoms with van der Waals surface area (Å²) in [5, 5.41) is 9.47. The first-order valence-electron chi connectivity index (χ1n) is 4.66. The minimum atomic E-state index is 0.233. The minimum absolute atomic E-state index is 0.233. The summed E-state index contributed by atoms with van der Waals surface area (Å²) in [7, 11) is 0. The molecule has 0 aliphatic carbocycles. The largest absolute Gasteiger partial charge is 0.504 e. The Morgan fingerprint density at radius 3 is 2.77 bits per heavy atom. The van der Waals surface area contributed by atoms with Gasteiger partial charge in [-0.05, 0) is 31.0 Å². The van der Waals surface area contributed by atoms with Crippen LogP contribution in [0.3, 0.4) is 0 Å². The molecule has 72 valence electrons. The maximum absolute atomic E-state index is 9.47. The lowest BCUT2D eigenvalue weighted by atomic mass is 10.2. The van der Waals surface area contributed by atoms with Crippen molar-refractivity contribution in [2.24, 2.45) is 0 Å². The predicted molar refractivity (Wildman–Crippen MR) is 53.2 cm³/mol. The third-order valence-electron chi connectivity index (χ3n) is 1.87. The van der Waals surface area contributed by atoms with Gasteiger partial charge in [0, 0.05) is 0 Å². The van der Waals surface area contributed by atoms with Crippen LogP contribution in [0.5, 0.6) is 11.5 Å². The number of ether oxygens (including phenoxy) is 1. The molecule has 1 aromatic carbocycles. The zero-order valence-corrected chi connectivity index (χ0v) is 8.21. The molecule has 1 aromatic rings. The zero-order chi connectivity index (χ0) is 9.68. The summed E-state index contributed by atoms with van der Waals surface area (Å²) in [4.78, 5) is 0. The molecule has 0 amide bonds. The van der Waals surface area contributed by atoms with Crippen LogP contribution in [0.25, 0.3) is 0 Å². The van der Waals surface area contributed by atoms with Gasteiger partial charge in [-0.1, -0.05) is 19.4 Å². The number of unbranched alkanes of at least 4 members (excludes halogenated alkanes) is 1. The quantitative estimate of drug-likeness (QED) is 0.722. The van der Waals surface area contributed by atoms with Gasteiger partial charge in [0.05, 0.1) is 6.61 Å². The summed E-state index contributed by atoms with van der Waals surface area (Å²) in [5.74, 6) is 0.815. The van der Waals surface area contributed by atoms with Gasteiger partial charge in [-0.15, -0.1) is 0 Å². The van der Waals surface area contributed by atoms with Crippen molar-refractivity contribution in [1.82, 2.24) is 0 Å². The number of phenolic OH excluding ortho intramolecular Hbond substituents is 1. The first-order chi connectivity index (χ1) is 6.24. The summed E-state index contributed by atoms with van der Waals surface area (Å²) in [6, 6.07) is 5.45. The maximum Gasteiger partial charge on any atom is 0.160 e. The molecule has 0 atom stereocenters. The summed E-state index contributed by atoms with van der Waals surface area (Å²) < 4.78 is 5.38. The van der Waals surface area contributed by atoms with E-state index in [-0.39, 0.29) is 5.75 Å². The predicted octanol–water partition coefficient (Wildman–Crippen LogP) is 2.88. The molecule has 2 heteroatoms. The summed E-state index contributed by atoms with van der Waals surface area (Å²) in [5.41, 5.74) is 1.04. The van der Waals surface area contributed by atoms with Gasteiger partial charge in [-0.25, -0.2) is 0 Å². The number of rotatable bonds is 4. The van der Waals surface area contributed by atoms with Gasteiger partial charge in [0.15, 0.2) is 11.5 Å². The Kier molecular flexibility index (Phi) is 3.62. The lowest BCUT2D eigenvalue weighted by Gasteiger charge is -2.07. The van der Waals surface area contributed by atoms with Crippen molar-refractivity contribution < 1.29 is 9.84 Å². The molecule has 0 saturated carbocycles. The van der Waals surface area contributed by atoms with Crippen molar-refractivity contribution in [3.05, 3.63) is 23.8 Å². The standard InChI is InChI=1S/C11H16O2/c1-3-4-7-13-11-6-5-9(2)8-10(11)12/h5-6,8,12H,3-4,7H2,1-2H3. The van der Waals surface area contributed by atoms with E-state index in [2.05, 4.69) is 6.92 Å². The van der Waals surface area contributed by atoms with E-state index in [4.69, 9.17) is 4.74 Å². The van der Waals surface area contributed by atoms with Crippen LogP contribution < -0.4 is 4.74 Å². The van der Waals surface area contributed by atoms with Gasteiger partial charge in [0.25, 0.3) is 0 Å². The summed E-state index contributed by atoms with van der Waals surface area (Å²) >= 11 is 0. The van der Waals surface area contributed by atoms with E-state index in [1.165, 1.54) is 0 Å². The molecule has 1 N–H and O–H groups in total. The molecule has 0 radical (unpaired) electrons. The first-order valence-corrected chi connectivity index (χ1v) is 4.66. The number of hydrogen-bond acceptors (Lipinski definition) is 2. The van der Waals surface area contributed by atoms with Crippen molar-refractivity contribution in [2.45, 2.75) is 26.7 Å². The number of benzene rings is 1. The second kappa shape index (κ2) is 4.75. The fourth-order valence-corrected chi connectivity index (χ4v) is 1.08. The number of aromatic hydroxyl groups is 1. The van der Waals surface area contributed by atoms with Crippen LogP contribution in [-0.4, -0.2) is 11.7 Å². The Labute approximate surface area is 79.2 Å². The van der Waals surface area contributed by atoms with E-state index >= 15 is 0 Å². The zero-order valence-electron chi connectivity index (χ0n) is 8.21. The molecule has 1 rings (SSSR count). The highest BCUT2D eigenvalue weighted by Crippen LogP contribution is 2.26. The van der Waals surface area contributed by atoms with Crippen LogP contribution in [0.1, 0.15) is 25.3 Å². The molecule has 0 bridgehead atoms. The van der Waals surface area contributed by atoms with E-state index in [0.29, 0.717) is 12.4 Å². The molecule has 0 spiro atoms. The molecule has 0 unspecified atom stereocenters. The third-order valence-corrected chi connectivity index (χ3v) is 1.87. The Hall–Kier alpha value is -1.18. The Balaban J connectivity index is 2.56. The molecule has 0 aromatic heterocycles. The van der Waals surface area contributed by atoms with Gasteiger partial charge in [0.2, 0.25) is 0 Å². The fourth-order valence-electron chi connectivity index (χ4n) is 1.08. The summed E-state index contributed by atoms with van der Waals surface area (Å²) in [6.07, 6.45) is 2.12. The van der Waals surface area contributed by atoms with Gasteiger partial charge < -0.3 is 9.84 Å².